The number of alkyl halides is 1. The van der Waals surface area contributed by atoms with E-state index in [1.54, 1.807) is 7.11 Å². The maximum atomic E-state index is 12.9. The van der Waals surface area contributed by atoms with Crippen LogP contribution in [-0.4, -0.2) is 44.3 Å². The van der Waals surface area contributed by atoms with E-state index in [2.05, 4.69) is 37.2 Å². The number of aromatic nitrogens is 1. The maximum absolute atomic E-state index is 12.9. The number of nitrogens with zero attached hydrogens (tertiary/aromatic N) is 2. The van der Waals surface area contributed by atoms with Gasteiger partial charge in [-0.1, -0.05) is 45.5 Å². The first-order valence-electron chi connectivity index (χ1n) is 9.43. The van der Waals surface area contributed by atoms with Gasteiger partial charge in [-0.2, -0.15) is 0 Å². The number of amides is 1. The number of carbonyl (C=O) groups is 1. The van der Waals surface area contributed by atoms with Gasteiger partial charge in [0.1, 0.15) is 11.3 Å². The molecule has 0 saturated carbocycles. The van der Waals surface area contributed by atoms with Crippen LogP contribution in [0.5, 0.6) is 5.75 Å². The molecule has 0 radical (unpaired) electrons. The van der Waals surface area contributed by atoms with E-state index in [0.717, 1.165) is 34.6 Å². The molecule has 1 N–H and O–H groups in total. The highest BCUT2D eigenvalue weighted by molar-refractivity contribution is 9.09. The molecule has 8 heteroatoms. The molecule has 1 saturated heterocycles. The zero-order valence-electron chi connectivity index (χ0n) is 16.3. The maximum Gasteiger partial charge on any atom is 0.257 e. The van der Waals surface area contributed by atoms with E-state index in [9.17, 15) is 4.79 Å². The van der Waals surface area contributed by atoms with E-state index in [0.29, 0.717) is 29.7 Å². The Morgan fingerprint density at radius 2 is 2.03 bits per heavy atom. The van der Waals surface area contributed by atoms with Crippen molar-refractivity contribution in [1.82, 2.24) is 4.98 Å². The third-order valence-electron chi connectivity index (χ3n) is 4.91. The lowest BCUT2D eigenvalue weighted by Crippen LogP contribution is -2.36. The molecule has 1 amide bonds. The van der Waals surface area contributed by atoms with Crippen molar-refractivity contribution in [1.29, 1.82) is 0 Å². The van der Waals surface area contributed by atoms with Crippen LogP contribution in [0.1, 0.15) is 27.7 Å². The number of benzene rings is 2. The van der Waals surface area contributed by atoms with Gasteiger partial charge in [-0.3, -0.25) is 10.1 Å². The summed E-state index contributed by atoms with van der Waals surface area (Å²) in [5.41, 5.74) is 3.43. The van der Waals surface area contributed by atoms with E-state index in [4.69, 9.17) is 9.47 Å². The Balaban J connectivity index is 1.69. The highest BCUT2D eigenvalue weighted by Gasteiger charge is 2.21. The summed E-state index contributed by atoms with van der Waals surface area (Å²) in [6.07, 6.45) is 0. The SMILES string of the molecule is COc1ccc(N2CCOCC2)c2sc(NC(=O)c3ccccc3C(C)Br)nc12. The van der Waals surface area contributed by atoms with E-state index in [1.807, 2.05) is 37.3 Å². The van der Waals surface area contributed by atoms with Crippen molar-refractivity contribution in [3.05, 3.63) is 47.5 Å². The van der Waals surface area contributed by atoms with Crippen LogP contribution < -0.4 is 15.0 Å². The summed E-state index contributed by atoms with van der Waals surface area (Å²) in [6.45, 7) is 5.08. The van der Waals surface area contributed by atoms with Gasteiger partial charge in [0, 0.05) is 23.5 Å². The predicted molar refractivity (Wildman–Crippen MR) is 121 cm³/mol. The predicted octanol–water partition coefficient (Wildman–Crippen LogP) is 4.85. The molecular formula is C21H22BrN3O3S. The highest BCUT2D eigenvalue weighted by Crippen LogP contribution is 2.40. The molecule has 0 spiro atoms. The number of nitrogens with one attached hydrogen (secondary N) is 1. The molecule has 1 fully saturated rings. The van der Waals surface area contributed by atoms with Crippen molar-refractivity contribution in [2.24, 2.45) is 0 Å². The number of morpholine rings is 1. The van der Waals surface area contributed by atoms with Gasteiger partial charge in [-0.25, -0.2) is 4.98 Å². The molecule has 152 valence electrons. The number of hydrogen-bond donors (Lipinski definition) is 1. The molecular weight excluding hydrogens is 454 g/mol. The van der Waals surface area contributed by atoms with Gasteiger partial charge in [0.2, 0.25) is 0 Å². The number of thiazole rings is 1. The van der Waals surface area contributed by atoms with Crippen LogP contribution in [-0.2, 0) is 4.74 Å². The Morgan fingerprint density at radius 1 is 1.28 bits per heavy atom. The molecule has 1 aliphatic rings. The number of methoxy groups -OCH3 is 1. The topological polar surface area (TPSA) is 63.7 Å². The summed E-state index contributed by atoms with van der Waals surface area (Å²) < 4.78 is 12.0. The van der Waals surface area contributed by atoms with Crippen LogP contribution in [0.2, 0.25) is 0 Å². The van der Waals surface area contributed by atoms with Crippen LogP contribution in [0.15, 0.2) is 36.4 Å². The molecule has 1 aliphatic heterocycles. The third-order valence-corrected chi connectivity index (χ3v) is 6.40. The average Bonchev–Trinajstić information content (AvgIpc) is 3.17. The van der Waals surface area contributed by atoms with Crippen LogP contribution >= 0.6 is 27.3 Å². The van der Waals surface area contributed by atoms with Crippen LogP contribution in [0.4, 0.5) is 10.8 Å². The molecule has 1 atom stereocenters. The number of fused-ring (bicyclic) bond motifs is 1. The van der Waals surface area contributed by atoms with Crippen LogP contribution in [0, 0.1) is 0 Å². The van der Waals surface area contributed by atoms with Gasteiger partial charge in [-0.15, -0.1) is 0 Å². The summed E-state index contributed by atoms with van der Waals surface area (Å²) in [5.74, 6) is 0.529. The molecule has 0 bridgehead atoms. The number of hydrogen-bond acceptors (Lipinski definition) is 6. The van der Waals surface area contributed by atoms with Gasteiger partial charge < -0.3 is 14.4 Å². The Kier molecular flexibility index (Phi) is 6.03. The lowest BCUT2D eigenvalue weighted by atomic mass is 10.0. The van der Waals surface area contributed by atoms with Gasteiger partial charge in [-0.05, 0) is 30.7 Å². The first kappa shape index (κ1) is 20.1. The molecule has 2 heterocycles. The van der Waals surface area contributed by atoms with Gasteiger partial charge >= 0.3 is 0 Å². The largest absolute Gasteiger partial charge is 0.494 e. The van der Waals surface area contributed by atoms with E-state index >= 15 is 0 Å². The number of halogens is 1. The van der Waals surface area contributed by atoms with Gasteiger partial charge in [0.25, 0.3) is 5.91 Å². The molecule has 1 aromatic heterocycles. The van der Waals surface area contributed by atoms with E-state index in [-0.39, 0.29) is 10.7 Å². The monoisotopic (exact) mass is 475 g/mol. The second-order valence-corrected chi connectivity index (χ2v) is 9.11. The molecule has 1 unspecified atom stereocenters. The number of carbonyl (C=O) groups excluding carboxylic acids is 1. The standard InChI is InChI=1S/C21H22BrN3O3S/c1-13(22)14-5-3-4-6-15(14)20(26)24-21-23-18-17(27-2)8-7-16(19(18)29-21)25-9-11-28-12-10-25/h3-8,13H,9-12H2,1-2H3,(H,23,24,26). The van der Waals surface area contributed by atoms with E-state index < -0.39 is 0 Å². The van der Waals surface area contributed by atoms with Crippen molar-refractivity contribution >= 4 is 54.2 Å². The summed E-state index contributed by atoms with van der Waals surface area (Å²) in [6, 6.07) is 11.6. The number of anilines is 2. The Bertz CT molecular complexity index is 1030. The van der Waals surface area contributed by atoms with Crippen molar-refractivity contribution in [3.8, 4) is 5.75 Å². The zero-order chi connectivity index (χ0) is 20.4. The fraction of sp³-hybridized carbons (Fsp3) is 0.333. The first-order chi connectivity index (χ1) is 14.1. The Hall–Kier alpha value is -2.16. The summed E-state index contributed by atoms with van der Waals surface area (Å²) in [4.78, 5) is 20.0. The summed E-state index contributed by atoms with van der Waals surface area (Å²) in [7, 11) is 1.63. The van der Waals surface area contributed by atoms with E-state index in [1.165, 1.54) is 11.3 Å². The molecule has 4 rings (SSSR count). The second kappa shape index (κ2) is 8.69. The minimum atomic E-state index is -0.169. The van der Waals surface area contributed by atoms with Crippen molar-refractivity contribution in [2.75, 3.05) is 43.6 Å². The summed E-state index contributed by atoms with van der Waals surface area (Å²) >= 11 is 5.03. The third kappa shape index (κ3) is 4.10. The molecule has 0 aliphatic carbocycles. The van der Waals surface area contributed by atoms with Gasteiger partial charge in [0.15, 0.2) is 5.13 Å². The van der Waals surface area contributed by atoms with Crippen LogP contribution in [0.3, 0.4) is 0 Å². The second-order valence-electron chi connectivity index (χ2n) is 6.74. The summed E-state index contributed by atoms with van der Waals surface area (Å²) in [5, 5.41) is 3.53. The molecule has 29 heavy (non-hydrogen) atoms. The smallest absolute Gasteiger partial charge is 0.257 e. The fourth-order valence-electron chi connectivity index (χ4n) is 3.46. The quantitative estimate of drug-likeness (QED) is 0.534. The minimum absolute atomic E-state index is 0.0767. The van der Waals surface area contributed by atoms with Crippen molar-refractivity contribution in [2.45, 2.75) is 11.8 Å². The molecule has 6 nitrogen and oxygen atoms in total. The normalized spacial score (nSPS) is 15.3. The lowest BCUT2D eigenvalue weighted by molar-refractivity contribution is 0.102. The highest BCUT2D eigenvalue weighted by atomic mass is 79.9. The van der Waals surface area contributed by atoms with Crippen molar-refractivity contribution in [3.63, 3.8) is 0 Å². The Morgan fingerprint density at radius 3 is 2.76 bits per heavy atom. The van der Waals surface area contributed by atoms with Crippen LogP contribution in [0.25, 0.3) is 10.2 Å². The van der Waals surface area contributed by atoms with Gasteiger partial charge in [0.05, 0.1) is 30.7 Å². The minimum Gasteiger partial charge on any atom is -0.494 e. The molecule has 2 aromatic carbocycles. The van der Waals surface area contributed by atoms with Crippen molar-refractivity contribution < 1.29 is 14.3 Å². The number of ether oxygens (including phenoxy) is 2. The first-order valence-corrected chi connectivity index (χ1v) is 11.2. The lowest BCUT2D eigenvalue weighted by Gasteiger charge is -2.29. The Labute approximate surface area is 182 Å². The fourth-order valence-corrected chi connectivity index (χ4v) is 4.87. The average molecular weight is 476 g/mol. The number of rotatable bonds is 5. The zero-order valence-corrected chi connectivity index (χ0v) is 18.7. The molecule has 3 aromatic rings.